The third-order valence-corrected chi connectivity index (χ3v) is 2.13. The smallest absolute Gasteiger partial charge is 0.271 e. The van der Waals surface area contributed by atoms with Gasteiger partial charge in [-0.1, -0.05) is 18.2 Å². The van der Waals surface area contributed by atoms with Crippen LogP contribution in [0.25, 0.3) is 0 Å². The molecule has 0 aromatic heterocycles. The van der Waals surface area contributed by atoms with Crippen LogP contribution >= 0.6 is 0 Å². The largest absolute Gasteiger partial charge is 0.601 e. The highest BCUT2D eigenvalue weighted by atomic mass is 16.6. The molecule has 4 heteroatoms. The molecule has 1 N–H and O–H groups in total. The maximum Gasteiger partial charge on any atom is 0.271 e. The molecule has 1 heterocycles. The summed E-state index contributed by atoms with van der Waals surface area (Å²) in [5, 5.41) is 11.9. The molecule has 1 unspecified atom stereocenters. The van der Waals surface area contributed by atoms with Crippen molar-refractivity contribution in [3.63, 3.8) is 0 Å². The number of nitrogens with zero attached hydrogens (tertiary/aromatic N) is 1. The Morgan fingerprint density at radius 3 is 2.54 bits per heavy atom. The zero-order valence-corrected chi connectivity index (χ0v) is 7.06. The number of amides is 1. The van der Waals surface area contributed by atoms with E-state index in [9.17, 15) is 10.0 Å². The summed E-state index contributed by atoms with van der Waals surface area (Å²) in [6.45, 7) is 0.281. The van der Waals surface area contributed by atoms with Crippen LogP contribution < -0.4 is 10.2 Å². The van der Waals surface area contributed by atoms with Crippen LogP contribution in [0.15, 0.2) is 30.3 Å². The maximum atomic E-state index is 11.9. The van der Waals surface area contributed by atoms with Gasteiger partial charge in [-0.25, -0.2) is 4.76 Å². The number of hydrogen-bond acceptors (Lipinski definition) is 2. The molecule has 0 radical (unpaired) electrons. The molecule has 1 aromatic carbocycles. The number of carbonyl (C=O) groups is 1. The van der Waals surface area contributed by atoms with Gasteiger partial charge in [0.25, 0.3) is 5.91 Å². The van der Waals surface area contributed by atoms with Gasteiger partial charge in [-0.2, -0.15) is 5.43 Å². The molecule has 1 aliphatic rings. The number of nitrogens with one attached hydrogen (secondary N) is 1. The van der Waals surface area contributed by atoms with Crippen molar-refractivity contribution in [3.05, 3.63) is 35.5 Å². The number of quaternary nitrogens is 1. The number of hydroxylamine groups is 1. The standard InChI is InChI=1S/C9H10N2O2/c12-9-6-7-11(13,10-9)8-4-2-1-3-5-8/h1-5H,6-7H2,(H,10,12). The zero-order chi connectivity index (χ0) is 9.31. The lowest BCUT2D eigenvalue weighted by Gasteiger charge is -2.35. The molecule has 68 valence electrons. The van der Waals surface area contributed by atoms with Crippen LogP contribution in [0.4, 0.5) is 5.69 Å². The van der Waals surface area contributed by atoms with Crippen LogP contribution in [0.1, 0.15) is 6.42 Å². The van der Waals surface area contributed by atoms with Crippen LogP contribution in [0.5, 0.6) is 0 Å². The monoisotopic (exact) mass is 178 g/mol. The first-order chi connectivity index (χ1) is 6.21. The average molecular weight is 178 g/mol. The van der Waals surface area contributed by atoms with Gasteiger partial charge in [0.2, 0.25) is 0 Å². The van der Waals surface area contributed by atoms with E-state index in [-0.39, 0.29) is 12.5 Å². The van der Waals surface area contributed by atoms with Gasteiger partial charge >= 0.3 is 0 Å². The molecule has 4 nitrogen and oxygen atoms in total. The van der Waals surface area contributed by atoms with E-state index in [0.717, 1.165) is 0 Å². The highest BCUT2D eigenvalue weighted by molar-refractivity contribution is 5.80. The Balaban J connectivity index is 2.31. The van der Waals surface area contributed by atoms with E-state index < -0.39 is 4.76 Å². The van der Waals surface area contributed by atoms with Crippen molar-refractivity contribution in [2.45, 2.75) is 6.42 Å². The molecule has 1 aromatic rings. The van der Waals surface area contributed by atoms with Gasteiger partial charge in [0, 0.05) is 12.1 Å². The molecule has 1 fully saturated rings. The highest BCUT2D eigenvalue weighted by Gasteiger charge is 2.30. The number of rotatable bonds is 1. The Bertz CT molecular complexity index is 326. The van der Waals surface area contributed by atoms with Crippen molar-refractivity contribution in [2.75, 3.05) is 6.54 Å². The summed E-state index contributed by atoms with van der Waals surface area (Å²) in [6, 6.07) is 8.86. The van der Waals surface area contributed by atoms with E-state index >= 15 is 0 Å². The molecule has 2 rings (SSSR count). The Hall–Kier alpha value is -1.39. The van der Waals surface area contributed by atoms with Crippen molar-refractivity contribution in [1.82, 2.24) is 10.2 Å². The summed E-state index contributed by atoms with van der Waals surface area (Å²) >= 11 is 0. The van der Waals surface area contributed by atoms with Crippen molar-refractivity contribution >= 4 is 11.6 Å². The van der Waals surface area contributed by atoms with Crippen LogP contribution in [-0.2, 0) is 4.79 Å². The lowest BCUT2D eigenvalue weighted by Crippen LogP contribution is -2.50. The first kappa shape index (κ1) is 8.22. The average Bonchev–Trinajstić information content (AvgIpc) is 2.49. The molecule has 1 saturated heterocycles. The molecule has 1 amide bonds. The van der Waals surface area contributed by atoms with Crippen LogP contribution in [0.3, 0.4) is 0 Å². The topological polar surface area (TPSA) is 52.2 Å². The molecular formula is C9H10N2O2. The number of hydrogen-bond donors (Lipinski definition) is 1. The molecule has 1 atom stereocenters. The second-order valence-electron chi connectivity index (χ2n) is 3.08. The predicted molar refractivity (Wildman–Crippen MR) is 49.2 cm³/mol. The Morgan fingerprint density at radius 1 is 1.31 bits per heavy atom. The second kappa shape index (κ2) is 2.83. The SMILES string of the molecule is O=C1CC[N+]([O-])(c2ccccc2)N1. The normalized spacial score (nSPS) is 27.3. The fourth-order valence-corrected chi connectivity index (χ4v) is 1.43. The molecular weight excluding hydrogens is 168 g/mol. The summed E-state index contributed by atoms with van der Waals surface area (Å²) in [6.07, 6.45) is 0.304. The quantitative estimate of drug-likeness (QED) is 0.513. The van der Waals surface area contributed by atoms with Crippen molar-refractivity contribution in [2.24, 2.45) is 0 Å². The van der Waals surface area contributed by atoms with Gasteiger partial charge in [0.1, 0.15) is 6.54 Å². The van der Waals surface area contributed by atoms with Gasteiger partial charge in [-0.05, 0) is 0 Å². The molecule has 0 bridgehead atoms. The van der Waals surface area contributed by atoms with Crippen LogP contribution in [0.2, 0.25) is 0 Å². The lowest BCUT2D eigenvalue weighted by atomic mass is 10.3. The van der Waals surface area contributed by atoms with Crippen molar-refractivity contribution in [1.29, 1.82) is 0 Å². The number of para-hydroxylation sites is 1. The van der Waals surface area contributed by atoms with Gasteiger partial charge in [-0.3, -0.25) is 4.79 Å². The molecule has 0 spiro atoms. The summed E-state index contributed by atoms with van der Waals surface area (Å²) < 4.78 is -0.723. The maximum absolute atomic E-state index is 11.9. The minimum Gasteiger partial charge on any atom is -0.601 e. The van der Waals surface area contributed by atoms with Gasteiger partial charge in [0.15, 0.2) is 5.69 Å². The Labute approximate surface area is 75.9 Å². The fourth-order valence-electron chi connectivity index (χ4n) is 1.43. The summed E-state index contributed by atoms with van der Waals surface area (Å²) in [7, 11) is 0. The molecule has 0 saturated carbocycles. The first-order valence-corrected chi connectivity index (χ1v) is 4.16. The van der Waals surface area contributed by atoms with E-state index in [2.05, 4.69) is 5.43 Å². The third kappa shape index (κ3) is 1.41. The number of carbonyl (C=O) groups excluding carboxylic acids is 1. The minimum atomic E-state index is -0.723. The highest BCUT2D eigenvalue weighted by Crippen LogP contribution is 2.22. The summed E-state index contributed by atoms with van der Waals surface area (Å²) in [5.74, 6) is -0.182. The van der Waals surface area contributed by atoms with Crippen LogP contribution in [0, 0.1) is 5.21 Å². The fraction of sp³-hybridized carbons (Fsp3) is 0.222. The van der Waals surface area contributed by atoms with E-state index in [1.165, 1.54) is 0 Å². The predicted octanol–water partition coefficient (Wildman–Crippen LogP) is 0.927. The van der Waals surface area contributed by atoms with Gasteiger partial charge < -0.3 is 5.21 Å². The molecule has 13 heavy (non-hydrogen) atoms. The third-order valence-electron chi connectivity index (χ3n) is 2.13. The van der Waals surface area contributed by atoms with E-state index in [4.69, 9.17) is 0 Å². The first-order valence-electron chi connectivity index (χ1n) is 4.16. The number of benzene rings is 1. The van der Waals surface area contributed by atoms with Gasteiger partial charge in [0.05, 0.1) is 6.42 Å². The molecule has 1 aliphatic heterocycles. The summed E-state index contributed by atoms with van der Waals surface area (Å²) in [4.78, 5) is 10.9. The van der Waals surface area contributed by atoms with E-state index in [1.807, 2.05) is 6.07 Å². The zero-order valence-electron chi connectivity index (χ0n) is 7.06. The molecule has 0 aliphatic carbocycles. The van der Waals surface area contributed by atoms with Crippen LogP contribution in [-0.4, -0.2) is 12.5 Å². The Morgan fingerprint density at radius 2 is 2.00 bits per heavy atom. The van der Waals surface area contributed by atoms with E-state index in [1.54, 1.807) is 24.3 Å². The van der Waals surface area contributed by atoms with E-state index in [0.29, 0.717) is 12.1 Å². The lowest BCUT2D eigenvalue weighted by molar-refractivity contribution is -0.120. The van der Waals surface area contributed by atoms with Gasteiger partial charge in [-0.15, -0.1) is 0 Å². The second-order valence-corrected chi connectivity index (χ2v) is 3.08. The minimum absolute atomic E-state index is 0.182. The van der Waals surface area contributed by atoms with Crippen molar-refractivity contribution < 1.29 is 4.79 Å². The summed E-state index contributed by atoms with van der Waals surface area (Å²) in [5.41, 5.74) is 2.97. The van der Waals surface area contributed by atoms with Crippen molar-refractivity contribution in [3.8, 4) is 0 Å². The Kier molecular flexibility index (Phi) is 1.79.